The van der Waals surface area contributed by atoms with Crippen LogP contribution in [0.25, 0.3) is 0 Å². The van der Waals surface area contributed by atoms with E-state index in [-0.39, 0.29) is 10.8 Å². The average molecular weight is 342 g/mol. The maximum absolute atomic E-state index is 11.0. The topological polar surface area (TPSA) is 32.3 Å². The minimum absolute atomic E-state index is 0.0974. The van der Waals surface area contributed by atoms with Crippen LogP contribution in [0, 0.1) is 30.1 Å². The third-order valence-electron chi connectivity index (χ3n) is 7.48. The molecule has 0 amide bonds. The van der Waals surface area contributed by atoms with Crippen molar-refractivity contribution in [1.82, 2.24) is 5.32 Å². The molecule has 25 heavy (non-hydrogen) atoms. The van der Waals surface area contributed by atoms with Crippen LogP contribution in [0.3, 0.4) is 0 Å². The van der Waals surface area contributed by atoms with Crippen LogP contribution in [0.5, 0.6) is 5.75 Å². The molecule has 0 aromatic heterocycles. The average Bonchev–Trinajstić information content (AvgIpc) is 2.92. The summed E-state index contributed by atoms with van der Waals surface area (Å²) in [5.41, 5.74) is 3.96. The fourth-order valence-electron chi connectivity index (χ4n) is 6.15. The standard InChI is InChI=1S/C21H29NO.C2H6/c1-6-20-10-21(14(5)12(2)3)17-15(8-7-13(4)18(17)23)9-16(19(20)21)22-11-20;1-2/h6-8,12,14,16,19,22-23H,1,9-11H2,2-5H3;1-2H3. The molecule has 0 radical (unpaired) electrons. The van der Waals surface area contributed by atoms with E-state index in [1.54, 1.807) is 0 Å². The van der Waals surface area contributed by atoms with Gasteiger partial charge in [0.25, 0.3) is 0 Å². The van der Waals surface area contributed by atoms with Crippen molar-refractivity contribution in [2.45, 2.75) is 65.8 Å². The Labute approximate surface area is 153 Å². The first kappa shape index (κ1) is 18.5. The van der Waals surface area contributed by atoms with Crippen molar-refractivity contribution >= 4 is 0 Å². The molecule has 2 N–H and O–H groups in total. The second-order valence-electron chi connectivity index (χ2n) is 8.62. The minimum atomic E-state index is 0.0974. The number of fused-ring (bicyclic) bond motifs is 2. The van der Waals surface area contributed by atoms with Crippen LogP contribution in [-0.2, 0) is 11.8 Å². The molecule has 2 heteroatoms. The molecular weight excluding hydrogens is 306 g/mol. The monoisotopic (exact) mass is 341 g/mol. The molecule has 2 aliphatic carbocycles. The number of hydrogen-bond acceptors (Lipinski definition) is 2. The van der Waals surface area contributed by atoms with E-state index in [1.165, 1.54) is 11.1 Å². The lowest BCUT2D eigenvalue weighted by molar-refractivity contribution is -0.0676. The highest BCUT2D eigenvalue weighted by Gasteiger charge is 2.71. The maximum atomic E-state index is 11.0. The lowest BCUT2D eigenvalue weighted by atomic mass is 9.36. The van der Waals surface area contributed by atoms with Gasteiger partial charge in [-0.1, -0.05) is 52.8 Å². The van der Waals surface area contributed by atoms with E-state index in [0.29, 0.717) is 29.5 Å². The molecule has 1 aliphatic heterocycles. The van der Waals surface area contributed by atoms with Crippen molar-refractivity contribution < 1.29 is 5.11 Å². The van der Waals surface area contributed by atoms with Gasteiger partial charge in [-0.15, -0.1) is 6.58 Å². The van der Waals surface area contributed by atoms with E-state index < -0.39 is 0 Å². The fraction of sp³-hybridized carbons (Fsp3) is 0.652. The van der Waals surface area contributed by atoms with Gasteiger partial charge in [0.15, 0.2) is 0 Å². The van der Waals surface area contributed by atoms with Crippen molar-refractivity contribution in [2.24, 2.45) is 23.2 Å². The SMILES string of the molecule is C=CC12CNC3Cc4ccc(C)c(O)c4C(C(C)C(C)C)(C1)C32.CC. The van der Waals surface area contributed by atoms with Crippen molar-refractivity contribution in [3.8, 4) is 5.75 Å². The Morgan fingerprint density at radius 2 is 1.96 bits per heavy atom. The highest BCUT2D eigenvalue weighted by molar-refractivity contribution is 5.56. The van der Waals surface area contributed by atoms with Crippen LogP contribution in [0.15, 0.2) is 24.8 Å². The molecule has 138 valence electrons. The number of hydrogen-bond donors (Lipinski definition) is 2. The first-order valence-corrected chi connectivity index (χ1v) is 10.1. The molecule has 2 fully saturated rings. The van der Waals surface area contributed by atoms with Crippen LogP contribution in [-0.4, -0.2) is 17.7 Å². The van der Waals surface area contributed by atoms with Crippen molar-refractivity contribution in [2.75, 3.05) is 6.54 Å². The summed E-state index contributed by atoms with van der Waals surface area (Å²) in [5, 5.41) is 14.7. The summed E-state index contributed by atoms with van der Waals surface area (Å²) in [6, 6.07) is 4.86. The number of aromatic hydroxyl groups is 1. The number of phenols is 1. The van der Waals surface area contributed by atoms with Gasteiger partial charge in [0, 0.05) is 29.0 Å². The molecule has 1 saturated carbocycles. The quantitative estimate of drug-likeness (QED) is 0.760. The zero-order valence-electron chi connectivity index (χ0n) is 16.8. The van der Waals surface area contributed by atoms with Gasteiger partial charge in [-0.2, -0.15) is 0 Å². The molecular formula is C23H35NO. The molecule has 1 saturated heterocycles. The summed E-state index contributed by atoms with van der Waals surface area (Å²) >= 11 is 0. The molecule has 0 bridgehead atoms. The van der Waals surface area contributed by atoms with E-state index >= 15 is 0 Å². The molecule has 0 spiro atoms. The first-order valence-electron chi connectivity index (χ1n) is 10.1. The van der Waals surface area contributed by atoms with Gasteiger partial charge in [0.1, 0.15) is 5.75 Å². The molecule has 5 unspecified atom stereocenters. The summed E-state index contributed by atoms with van der Waals surface area (Å²) in [7, 11) is 0. The number of phenolic OH excluding ortho intramolecular Hbond substituents is 1. The summed E-state index contributed by atoms with van der Waals surface area (Å²) in [6.45, 7) is 18.3. The first-order chi connectivity index (χ1) is 11.9. The smallest absolute Gasteiger partial charge is 0.122 e. The minimum Gasteiger partial charge on any atom is -0.507 e. The molecule has 1 aromatic carbocycles. The third kappa shape index (κ3) is 2.19. The zero-order valence-corrected chi connectivity index (χ0v) is 16.8. The van der Waals surface area contributed by atoms with Gasteiger partial charge in [-0.25, -0.2) is 0 Å². The van der Waals surface area contributed by atoms with E-state index in [1.807, 2.05) is 20.8 Å². The summed E-state index contributed by atoms with van der Waals surface area (Å²) in [5.74, 6) is 2.28. The summed E-state index contributed by atoms with van der Waals surface area (Å²) in [4.78, 5) is 0. The molecule has 4 rings (SSSR count). The highest BCUT2D eigenvalue weighted by Crippen LogP contribution is 2.71. The Morgan fingerprint density at radius 3 is 2.56 bits per heavy atom. The summed E-state index contributed by atoms with van der Waals surface area (Å²) in [6.07, 6.45) is 4.37. The van der Waals surface area contributed by atoms with E-state index in [4.69, 9.17) is 0 Å². The molecule has 1 heterocycles. The number of nitrogens with one attached hydrogen (secondary N) is 1. The molecule has 3 aliphatic rings. The number of rotatable bonds is 3. The van der Waals surface area contributed by atoms with Gasteiger partial charge < -0.3 is 10.4 Å². The predicted octanol–water partition coefficient (Wildman–Crippen LogP) is 4.98. The predicted molar refractivity (Wildman–Crippen MR) is 106 cm³/mol. The normalized spacial score (nSPS) is 35.8. The van der Waals surface area contributed by atoms with Crippen molar-refractivity contribution in [1.29, 1.82) is 0 Å². The van der Waals surface area contributed by atoms with E-state index in [0.717, 1.165) is 24.9 Å². The zero-order chi connectivity index (χ0) is 18.6. The Bertz CT molecular complexity index is 679. The molecule has 5 atom stereocenters. The maximum Gasteiger partial charge on any atom is 0.122 e. The Balaban J connectivity index is 0.000000880. The van der Waals surface area contributed by atoms with Crippen LogP contribution in [0.4, 0.5) is 0 Å². The molecule has 1 aromatic rings. The number of aryl methyl sites for hydroxylation is 1. The van der Waals surface area contributed by atoms with Crippen molar-refractivity contribution in [3.05, 3.63) is 41.5 Å². The van der Waals surface area contributed by atoms with E-state index in [9.17, 15) is 5.11 Å². The Hall–Kier alpha value is -1.28. The second kappa shape index (κ2) is 6.16. The van der Waals surface area contributed by atoms with Gasteiger partial charge in [-0.05, 0) is 48.6 Å². The van der Waals surface area contributed by atoms with Gasteiger partial charge in [-0.3, -0.25) is 0 Å². The third-order valence-corrected chi connectivity index (χ3v) is 7.48. The Kier molecular flexibility index (Phi) is 4.56. The van der Waals surface area contributed by atoms with Crippen LogP contribution in [0.1, 0.15) is 57.7 Å². The van der Waals surface area contributed by atoms with Crippen LogP contribution >= 0.6 is 0 Å². The summed E-state index contributed by atoms with van der Waals surface area (Å²) < 4.78 is 0. The van der Waals surface area contributed by atoms with Gasteiger partial charge in [0.05, 0.1) is 0 Å². The van der Waals surface area contributed by atoms with Crippen LogP contribution in [0.2, 0.25) is 0 Å². The lowest BCUT2D eigenvalue weighted by Crippen LogP contribution is -2.65. The van der Waals surface area contributed by atoms with Crippen molar-refractivity contribution in [3.63, 3.8) is 0 Å². The Morgan fingerprint density at radius 1 is 1.28 bits per heavy atom. The van der Waals surface area contributed by atoms with E-state index in [2.05, 4.69) is 50.9 Å². The number of benzene rings is 1. The fourth-order valence-corrected chi connectivity index (χ4v) is 6.15. The van der Waals surface area contributed by atoms with Gasteiger partial charge in [0.2, 0.25) is 0 Å². The van der Waals surface area contributed by atoms with Crippen LogP contribution < -0.4 is 5.32 Å². The largest absolute Gasteiger partial charge is 0.507 e. The lowest BCUT2D eigenvalue weighted by Gasteiger charge is -2.66. The second-order valence-corrected chi connectivity index (χ2v) is 8.62. The molecule has 2 nitrogen and oxygen atoms in total. The highest BCUT2D eigenvalue weighted by atomic mass is 16.3. The van der Waals surface area contributed by atoms with Gasteiger partial charge >= 0.3 is 0 Å².